The highest BCUT2D eigenvalue weighted by atomic mass is 28.4. The minimum atomic E-state index is -1.90. The molecule has 0 aromatic rings. The Labute approximate surface area is 157 Å². The highest BCUT2D eigenvalue weighted by Crippen LogP contribution is 2.38. The van der Waals surface area contributed by atoms with Crippen molar-refractivity contribution in [2.24, 2.45) is 0 Å². The van der Waals surface area contributed by atoms with Crippen LogP contribution >= 0.6 is 0 Å². The van der Waals surface area contributed by atoms with Crippen LogP contribution in [0.2, 0.25) is 18.1 Å². The lowest BCUT2D eigenvalue weighted by molar-refractivity contribution is -0.142. The van der Waals surface area contributed by atoms with Gasteiger partial charge < -0.3 is 9.16 Å². The first-order chi connectivity index (χ1) is 11.6. The second-order valence-electron chi connectivity index (χ2n) is 8.19. The average Bonchev–Trinajstić information content (AvgIpc) is 2.51. The summed E-state index contributed by atoms with van der Waals surface area (Å²) in [7, 11) is -0.462. The summed E-state index contributed by atoms with van der Waals surface area (Å²) in [4.78, 5) is 11.7. The Hall–Kier alpha value is -0.873. The SMILES string of the molecule is CCCCC/C=C\C/C=C\C[C@H](CC(=O)OC)O[Si](C)(C)C(C)(C)C. The molecule has 4 heteroatoms. The average molecular weight is 369 g/mol. The molecule has 0 rings (SSSR count). The van der Waals surface area contributed by atoms with Gasteiger partial charge in [0.15, 0.2) is 8.32 Å². The standard InChI is InChI=1S/C21H40O3Si/c1-8-9-10-11-12-13-14-15-16-17-19(18-20(22)23-5)24-25(6,7)21(2,3)4/h12-13,15-16,19H,8-11,14,17-18H2,1-7H3/b13-12-,16-15-/t19-/m1/s1. The van der Waals surface area contributed by atoms with Gasteiger partial charge in [0.25, 0.3) is 0 Å². The molecule has 0 spiro atoms. The van der Waals surface area contributed by atoms with Crippen molar-refractivity contribution in [1.29, 1.82) is 0 Å². The maximum Gasteiger partial charge on any atom is 0.308 e. The fourth-order valence-electron chi connectivity index (χ4n) is 2.18. The molecule has 0 saturated carbocycles. The number of carbonyl (C=O) groups excluding carboxylic acids is 1. The maximum absolute atomic E-state index is 11.7. The van der Waals surface area contributed by atoms with E-state index in [2.05, 4.69) is 65.1 Å². The molecule has 0 fully saturated rings. The Kier molecular flexibility index (Phi) is 12.0. The molecule has 0 amide bonds. The summed E-state index contributed by atoms with van der Waals surface area (Å²) < 4.78 is 11.2. The van der Waals surface area contributed by atoms with Crippen LogP contribution in [0.3, 0.4) is 0 Å². The molecule has 0 aliphatic rings. The quantitative estimate of drug-likeness (QED) is 0.173. The summed E-state index contributed by atoms with van der Waals surface area (Å²) in [5.41, 5.74) is 0. The van der Waals surface area contributed by atoms with Crippen molar-refractivity contribution in [3.63, 3.8) is 0 Å². The van der Waals surface area contributed by atoms with Gasteiger partial charge in [-0.05, 0) is 43.8 Å². The molecule has 0 unspecified atom stereocenters. The van der Waals surface area contributed by atoms with Crippen LogP contribution in [-0.4, -0.2) is 27.5 Å². The van der Waals surface area contributed by atoms with Gasteiger partial charge in [-0.3, -0.25) is 4.79 Å². The highest BCUT2D eigenvalue weighted by molar-refractivity contribution is 6.74. The van der Waals surface area contributed by atoms with E-state index < -0.39 is 8.32 Å². The topological polar surface area (TPSA) is 35.5 Å². The van der Waals surface area contributed by atoms with Crippen molar-refractivity contribution >= 4 is 14.3 Å². The van der Waals surface area contributed by atoms with Crippen LogP contribution in [0, 0.1) is 0 Å². The summed E-state index contributed by atoms with van der Waals surface area (Å²) in [6, 6.07) is 0. The minimum Gasteiger partial charge on any atom is -0.469 e. The molecule has 0 aromatic carbocycles. The number of esters is 1. The van der Waals surface area contributed by atoms with Gasteiger partial charge in [-0.25, -0.2) is 0 Å². The fourth-order valence-corrected chi connectivity index (χ4v) is 3.55. The molecule has 1 atom stereocenters. The Morgan fingerprint density at radius 3 is 2.28 bits per heavy atom. The number of hydrogen-bond donors (Lipinski definition) is 0. The van der Waals surface area contributed by atoms with E-state index in [4.69, 9.17) is 9.16 Å². The Bertz CT molecular complexity index is 419. The number of rotatable bonds is 12. The van der Waals surface area contributed by atoms with Crippen LogP contribution in [0.5, 0.6) is 0 Å². The van der Waals surface area contributed by atoms with Crippen LogP contribution in [0.15, 0.2) is 24.3 Å². The number of unbranched alkanes of at least 4 members (excludes halogenated alkanes) is 3. The van der Waals surface area contributed by atoms with Crippen LogP contribution in [0.1, 0.15) is 72.6 Å². The van der Waals surface area contributed by atoms with E-state index in [0.717, 1.165) is 12.8 Å². The summed E-state index contributed by atoms with van der Waals surface area (Å²) in [5, 5.41) is 0.131. The fraction of sp³-hybridized carbons (Fsp3) is 0.762. The molecule has 0 aliphatic carbocycles. The molecule has 0 aromatic heterocycles. The molecular weight excluding hydrogens is 328 g/mol. The molecule has 0 N–H and O–H groups in total. The lowest BCUT2D eigenvalue weighted by Gasteiger charge is -2.39. The predicted molar refractivity (Wildman–Crippen MR) is 110 cm³/mol. The van der Waals surface area contributed by atoms with Crippen molar-refractivity contribution < 1.29 is 14.0 Å². The molecule has 0 heterocycles. The van der Waals surface area contributed by atoms with Crippen molar-refractivity contribution in [2.45, 2.75) is 96.9 Å². The highest BCUT2D eigenvalue weighted by Gasteiger charge is 2.39. The molecule has 146 valence electrons. The molecule has 0 aliphatic heterocycles. The largest absolute Gasteiger partial charge is 0.469 e. The van der Waals surface area contributed by atoms with E-state index in [0.29, 0.717) is 6.42 Å². The molecule has 0 bridgehead atoms. The summed E-state index contributed by atoms with van der Waals surface area (Å²) in [5.74, 6) is -0.201. The number of carbonyl (C=O) groups is 1. The monoisotopic (exact) mass is 368 g/mol. The zero-order chi connectivity index (χ0) is 19.3. The lowest BCUT2D eigenvalue weighted by atomic mass is 10.1. The molecule has 0 radical (unpaired) electrons. The zero-order valence-electron chi connectivity index (χ0n) is 17.6. The van der Waals surface area contributed by atoms with Crippen LogP contribution in [-0.2, 0) is 14.0 Å². The van der Waals surface area contributed by atoms with Gasteiger partial charge in [0.1, 0.15) is 0 Å². The van der Waals surface area contributed by atoms with E-state index in [-0.39, 0.29) is 17.1 Å². The first kappa shape index (κ1) is 24.1. The Morgan fingerprint density at radius 1 is 1.08 bits per heavy atom. The number of hydrogen-bond acceptors (Lipinski definition) is 3. The van der Waals surface area contributed by atoms with Gasteiger partial charge in [-0.2, -0.15) is 0 Å². The summed E-state index contributed by atoms with van der Waals surface area (Å²) >= 11 is 0. The molecule has 3 nitrogen and oxygen atoms in total. The molecule has 0 saturated heterocycles. The second-order valence-corrected chi connectivity index (χ2v) is 12.9. The summed E-state index contributed by atoms with van der Waals surface area (Å²) in [6.07, 6.45) is 15.7. The molecule has 25 heavy (non-hydrogen) atoms. The number of methoxy groups -OCH3 is 1. The minimum absolute atomic E-state index is 0.0990. The van der Waals surface area contributed by atoms with Gasteiger partial charge in [0.2, 0.25) is 0 Å². The number of ether oxygens (including phenoxy) is 1. The van der Waals surface area contributed by atoms with Crippen molar-refractivity contribution in [1.82, 2.24) is 0 Å². The predicted octanol–water partition coefficient (Wildman–Crippen LogP) is 6.41. The lowest BCUT2D eigenvalue weighted by Crippen LogP contribution is -2.44. The van der Waals surface area contributed by atoms with Crippen molar-refractivity contribution in [3.05, 3.63) is 24.3 Å². The van der Waals surface area contributed by atoms with Crippen LogP contribution in [0.4, 0.5) is 0 Å². The first-order valence-electron chi connectivity index (χ1n) is 9.68. The Morgan fingerprint density at radius 2 is 1.72 bits per heavy atom. The maximum atomic E-state index is 11.7. The third-order valence-corrected chi connectivity index (χ3v) is 9.40. The van der Waals surface area contributed by atoms with Gasteiger partial charge >= 0.3 is 5.97 Å². The number of allylic oxidation sites excluding steroid dienone is 3. The third-order valence-electron chi connectivity index (χ3n) is 4.87. The van der Waals surface area contributed by atoms with Crippen LogP contribution in [0.25, 0.3) is 0 Å². The van der Waals surface area contributed by atoms with Crippen molar-refractivity contribution in [3.8, 4) is 0 Å². The van der Waals surface area contributed by atoms with Gasteiger partial charge in [-0.1, -0.05) is 64.8 Å². The smallest absolute Gasteiger partial charge is 0.308 e. The van der Waals surface area contributed by atoms with E-state index in [1.54, 1.807) is 0 Å². The zero-order valence-corrected chi connectivity index (χ0v) is 18.6. The van der Waals surface area contributed by atoms with E-state index in [1.165, 1.54) is 32.8 Å². The third kappa shape index (κ3) is 11.4. The second kappa shape index (κ2) is 12.5. The van der Waals surface area contributed by atoms with Gasteiger partial charge in [0, 0.05) is 0 Å². The normalized spacial score (nSPS) is 14.4. The Balaban J connectivity index is 4.50. The molecular formula is C21H40O3Si. The van der Waals surface area contributed by atoms with Crippen LogP contribution < -0.4 is 0 Å². The first-order valence-corrected chi connectivity index (χ1v) is 12.6. The van der Waals surface area contributed by atoms with Crippen molar-refractivity contribution in [2.75, 3.05) is 7.11 Å². The summed E-state index contributed by atoms with van der Waals surface area (Å²) in [6.45, 7) is 13.3. The van der Waals surface area contributed by atoms with Gasteiger partial charge in [-0.15, -0.1) is 0 Å². The van der Waals surface area contributed by atoms with E-state index in [9.17, 15) is 4.79 Å². The van der Waals surface area contributed by atoms with E-state index >= 15 is 0 Å². The van der Waals surface area contributed by atoms with Gasteiger partial charge in [0.05, 0.1) is 19.6 Å². The van der Waals surface area contributed by atoms with E-state index in [1.807, 2.05) is 0 Å².